The van der Waals surface area contributed by atoms with Gasteiger partial charge >= 0.3 is 5.97 Å². The van der Waals surface area contributed by atoms with Crippen molar-refractivity contribution in [2.75, 3.05) is 12.8 Å². The van der Waals surface area contributed by atoms with Gasteiger partial charge in [-0.1, -0.05) is 19.9 Å². The topological polar surface area (TPSA) is 70.1 Å². The highest BCUT2D eigenvalue weighted by Gasteiger charge is 2.23. The number of fused-ring (bicyclic) bond motifs is 1. The Bertz CT molecular complexity index is 616. The van der Waals surface area contributed by atoms with Crippen molar-refractivity contribution in [1.29, 1.82) is 0 Å². The Morgan fingerprint density at radius 3 is 2.63 bits per heavy atom. The second-order valence-corrected chi connectivity index (χ2v) is 4.91. The van der Waals surface area contributed by atoms with E-state index in [4.69, 9.17) is 10.5 Å². The van der Waals surface area contributed by atoms with Crippen LogP contribution >= 0.6 is 0 Å². The van der Waals surface area contributed by atoms with Gasteiger partial charge in [0.1, 0.15) is 17.4 Å². The van der Waals surface area contributed by atoms with Crippen LogP contribution in [0, 0.1) is 0 Å². The number of nitrogens with two attached hydrogens (primary N) is 1. The lowest BCUT2D eigenvalue weighted by atomic mass is 10.2. The summed E-state index contributed by atoms with van der Waals surface area (Å²) in [7, 11) is 1.39. The number of esters is 1. The molecule has 0 aliphatic carbocycles. The SMILES string of the molecule is COC(=O)C(C)n1c(C(C)C)nc2c(N)cccc21. The fourth-order valence-corrected chi connectivity index (χ4v) is 2.25. The number of aromatic nitrogens is 2. The van der Waals surface area contributed by atoms with E-state index in [1.54, 1.807) is 0 Å². The predicted molar refractivity (Wildman–Crippen MR) is 75.0 cm³/mol. The van der Waals surface area contributed by atoms with Crippen molar-refractivity contribution in [2.45, 2.75) is 32.7 Å². The molecule has 1 heterocycles. The van der Waals surface area contributed by atoms with Crippen molar-refractivity contribution in [3.05, 3.63) is 24.0 Å². The monoisotopic (exact) mass is 261 g/mol. The standard InChI is InChI=1S/C14H19N3O2/c1-8(2)13-16-12-10(15)6-5-7-11(12)17(13)9(3)14(18)19-4/h5-9H,15H2,1-4H3. The summed E-state index contributed by atoms with van der Waals surface area (Å²) in [6, 6.07) is 5.18. The summed E-state index contributed by atoms with van der Waals surface area (Å²) in [6.07, 6.45) is 0. The number of rotatable bonds is 3. The van der Waals surface area contributed by atoms with Gasteiger partial charge in [-0.05, 0) is 19.1 Å². The zero-order valence-corrected chi connectivity index (χ0v) is 11.7. The number of imidazole rings is 1. The molecule has 5 heteroatoms. The molecule has 0 aliphatic heterocycles. The Morgan fingerprint density at radius 2 is 2.05 bits per heavy atom. The van der Waals surface area contributed by atoms with Crippen LogP contribution in [0.25, 0.3) is 11.0 Å². The minimum Gasteiger partial charge on any atom is -0.467 e. The van der Waals surface area contributed by atoms with Crippen molar-refractivity contribution in [2.24, 2.45) is 0 Å². The number of methoxy groups -OCH3 is 1. The Hall–Kier alpha value is -2.04. The number of benzene rings is 1. The van der Waals surface area contributed by atoms with Gasteiger partial charge < -0.3 is 15.0 Å². The second kappa shape index (κ2) is 4.91. The van der Waals surface area contributed by atoms with Crippen molar-refractivity contribution in [1.82, 2.24) is 9.55 Å². The summed E-state index contributed by atoms with van der Waals surface area (Å²) in [5.41, 5.74) is 8.18. The van der Waals surface area contributed by atoms with E-state index in [9.17, 15) is 4.79 Å². The number of carbonyl (C=O) groups excluding carboxylic acids is 1. The third kappa shape index (κ3) is 2.16. The Morgan fingerprint density at radius 1 is 1.37 bits per heavy atom. The van der Waals surface area contributed by atoms with E-state index in [-0.39, 0.29) is 11.9 Å². The van der Waals surface area contributed by atoms with Crippen LogP contribution in [0.5, 0.6) is 0 Å². The third-order valence-electron chi connectivity index (χ3n) is 3.22. The molecule has 1 aromatic carbocycles. The summed E-state index contributed by atoms with van der Waals surface area (Å²) in [6.45, 7) is 5.89. The fraction of sp³-hybridized carbons (Fsp3) is 0.429. The first kappa shape index (κ1) is 13.4. The Balaban J connectivity index is 2.72. The molecule has 102 valence electrons. The summed E-state index contributed by atoms with van der Waals surface area (Å²) < 4.78 is 6.74. The molecule has 0 saturated heterocycles. The number of ether oxygens (including phenoxy) is 1. The molecule has 0 radical (unpaired) electrons. The van der Waals surface area contributed by atoms with E-state index < -0.39 is 6.04 Å². The zero-order chi connectivity index (χ0) is 14.2. The number of carbonyl (C=O) groups is 1. The molecule has 1 unspecified atom stereocenters. The maximum atomic E-state index is 11.8. The lowest BCUT2D eigenvalue weighted by molar-refractivity contribution is -0.143. The normalized spacial score (nSPS) is 12.9. The summed E-state index contributed by atoms with van der Waals surface area (Å²) in [5, 5.41) is 0. The smallest absolute Gasteiger partial charge is 0.328 e. The Labute approximate surface area is 112 Å². The highest BCUT2D eigenvalue weighted by molar-refractivity contribution is 5.89. The van der Waals surface area contributed by atoms with E-state index in [0.717, 1.165) is 16.9 Å². The molecule has 5 nitrogen and oxygen atoms in total. The maximum absolute atomic E-state index is 11.8. The minimum atomic E-state index is -0.422. The van der Waals surface area contributed by atoms with Crippen LogP contribution < -0.4 is 5.73 Å². The quantitative estimate of drug-likeness (QED) is 0.680. The summed E-state index contributed by atoms with van der Waals surface area (Å²) in [5.74, 6) is 0.744. The molecule has 0 saturated carbocycles. The van der Waals surface area contributed by atoms with E-state index >= 15 is 0 Å². The Kier molecular flexibility index (Phi) is 3.46. The summed E-state index contributed by atoms with van der Waals surface area (Å²) >= 11 is 0. The molecule has 0 amide bonds. The van der Waals surface area contributed by atoms with Crippen molar-refractivity contribution >= 4 is 22.7 Å². The molecule has 1 aromatic heterocycles. The van der Waals surface area contributed by atoms with Gasteiger partial charge in [0.2, 0.25) is 0 Å². The number of para-hydroxylation sites is 1. The fourth-order valence-electron chi connectivity index (χ4n) is 2.25. The highest BCUT2D eigenvalue weighted by atomic mass is 16.5. The van der Waals surface area contributed by atoms with Crippen LogP contribution in [0.4, 0.5) is 5.69 Å². The van der Waals surface area contributed by atoms with Crippen LogP contribution in [0.2, 0.25) is 0 Å². The molecule has 0 spiro atoms. The summed E-state index contributed by atoms with van der Waals surface area (Å²) in [4.78, 5) is 16.4. The number of hydrogen-bond acceptors (Lipinski definition) is 4. The number of anilines is 1. The van der Waals surface area contributed by atoms with Gasteiger partial charge in [0.05, 0.1) is 18.3 Å². The predicted octanol–water partition coefficient (Wildman–Crippen LogP) is 2.48. The minimum absolute atomic E-state index is 0.193. The van der Waals surface area contributed by atoms with Crippen LogP contribution in [0.1, 0.15) is 38.6 Å². The van der Waals surface area contributed by atoms with Gasteiger partial charge in [0.25, 0.3) is 0 Å². The van der Waals surface area contributed by atoms with Crippen LogP contribution in [0.15, 0.2) is 18.2 Å². The largest absolute Gasteiger partial charge is 0.467 e. The van der Waals surface area contributed by atoms with E-state index in [1.807, 2.05) is 43.5 Å². The third-order valence-corrected chi connectivity index (χ3v) is 3.22. The van der Waals surface area contributed by atoms with Crippen molar-refractivity contribution in [3.8, 4) is 0 Å². The van der Waals surface area contributed by atoms with Gasteiger partial charge in [-0.25, -0.2) is 9.78 Å². The molecule has 0 fully saturated rings. The first-order valence-corrected chi connectivity index (χ1v) is 6.31. The molecule has 19 heavy (non-hydrogen) atoms. The van der Waals surface area contributed by atoms with Crippen LogP contribution in [-0.4, -0.2) is 22.6 Å². The lowest BCUT2D eigenvalue weighted by Gasteiger charge is -2.17. The van der Waals surface area contributed by atoms with Crippen molar-refractivity contribution in [3.63, 3.8) is 0 Å². The van der Waals surface area contributed by atoms with Gasteiger partial charge in [0.15, 0.2) is 0 Å². The van der Waals surface area contributed by atoms with E-state index in [2.05, 4.69) is 4.98 Å². The van der Waals surface area contributed by atoms with E-state index in [0.29, 0.717) is 5.69 Å². The van der Waals surface area contributed by atoms with E-state index in [1.165, 1.54) is 7.11 Å². The molecular weight excluding hydrogens is 242 g/mol. The van der Waals surface area contributed by atoms with Gasteiger partial charge in [0, 0.05) is 5.92 Å². The molecule has 2 rings (SSSR count). The molecule has 0 aliphatic rings. The molecule has 2 N–H and O–H groups in total. The first-order chi connectivity index (χ1) is 8.97. The van der Waals surface area contributed by atoms with Crippen LogP contribution in [0.3, 0.4) is 0 Å². The molecular formula is C14H19N3O2. The molecule has 0 bridgehead atoms. The second-order valence-electron chi connectivity index (χ2n) is 4.91. The average Bonchev–Trinajstić information content (AvgIpc) is 2.78. The zero-order valence-electron chi connectivity index (χ0n) is 11.7. The lowest BCUT2D eigenvalue weighted by Crippen LogP contribution is -2.20. The number of nitrogens with zero attached hydrogens (tertiary/aromatic N) is 2. The van der Waals surface area contributed by atoms with Gasteiger partial charge in [-0.15, -0.1) is 0 Å². The maximum Gasteiger partial charge on any atom is 0.328 e. The van der Waals surface area contributed by atoms with Gasteiger partial charge in [-0.3, -0.25) is 0 Å². The van der Waals surface area contributed by atoms with Crippen LogP contribution in [-0.2, 0) is 9.53 Å². The first-order valence-electron chi connectivity index (χ1n) is 6.31. The highest BCUT2D eigenvalue weighted by Crippen LogP contribution is 2.29. The average molecular weight is 261 g/mol. The van der Waals surface area contributed by atoms with Crippen molar-refractivity contribution < 1.29 is 9.53 Å². The molecule has 1 atom stereocenters. The molecule has 2 aromatic rings. The van der Waals surface area contributed by atoms with Gasteiger partial charge in [-0.2, -0.15) is 0 Å². The number of nitrogen functional groups attached to an aromatic ring is 1. The number of hydrogen-bond donors (Lipinski definition) is 1.